The Labute approximate surface area is 174 Å². The van der Waals surface area contributed by atoms with Gasteiger partial charge in [0, 0.05) is 11.6 Å². The molecule has 0 spiro atoms. The third-order valence-electron chi connectivity index (χ3n) is 4.45. The minimum Gasteiger partial charge on any atom is -0.451 e. The summed E-state index contributed by atoms with van der Waals surface area (Å²) in [4.78, 5) is 29.4. The van der Waals surface area contributed by atoms with E-state index in [-0.39, 0.29) is 18.6 Å². The van der Waals surface area contributed by atoms with Crippen molar-refractivity contribution in [2.45, 2.75) is 32.7 Å². The molecule has 5 nitrogen and oxygen atoms in total. The number of nitrogens with zero attached hydrogens (tertiary/aromatic N) is 1. The maximum absolute atomic E-state index is 12.4. The van der Waals surface area contributed by atoms with E-state index in [1.165, 1.54) is 16.9 Å². The molecule has 1 atom stereocenters. The van der Waals surface area contributed by atoms with Crippen LogP contribution in [0.2, 0.25) is 0 Å². The van der Waals surface area contributed by atoms with Gasteiger partial charge in [0.1, 0.15) is 9.88 Å². The van der Waals surface area contributed by atoms with Gasteiger partial charge >= 0.3 is 5.97 Å². The molecule has 0 aliphatic rings. The summed E-state index contributed by atoms with van der Waals surface area (Å²) in [5.74, 6) is -0.821. The standard InChI is InChI=1S/C23H24N2O3S/c1-16(13-14-18-9-5-3-6-10-18)24-20(26)15-28-23(27)21-17(2)25-22(29-21)19-11-7-4-8-12-19/h3-12,16H,13-15H2,1-2H3,(H,24,26)/t16-/m0/s1. The van der Waals surface area contributed by atoms with Gasteiger partial charge < -0.3 is 10.1 Å². The number of esters is 1. The van der Waals surface area contributed by atoms with Crippen LogP contribution in [0.1, 0.15) is 34.3 Å². The van der Waals surface area contributed by atoms with Crippen molar-refractivity contribution in [3.8, 4) is 10.6 Å². The molecule has 0 aliphatic carbocycles. The van der Waals surface area contributed by atoms with Crippen LogP contribution in [-0.2, 0) is 16.0 Å². The van der Waals surface area contributed by atoms with Crippen LogP contribution in [0.3, 0.4) is 0 Å². The fourth-order valence-electron chi connectivity index (χ4n) is 2.90. The van der Waals surface area contributed by atoms with Gasteiger partial charge in [-0.2, -0.15) is 0 Å². The zero-order chi connectivity index (χ0) is 20.6. The summed E-state index contributed by atoms with van der Waals surface area (Å²) in [6, 6.07) is 19.8. The highest BCUT2D eigenvalue weighted by Gasteiger charge is 2.19. The molecule has 1 amide bonds. The molecule has 6 heteroatoms. The third kappa shape index (κ3) is 5.99. The van der Waals surface area contributed by atoms with E-state index < -0.39 is 5.97 Å². The summed E-state index contributed by atoms with van der Waals surface area (Å²) >= 11 is 1.27. The predicted octanol–water partition coefficient (Wildman–Crippen LogP) is 4.41. The lowest BCUT2D eigenvalue weighted by Crippen LogP contribution is -2.36. The largest absolute Gasteiger partial charge is 0.451 e. The third-order valence-corrected chi connectivity index (χ3v) is 5.64. The summed E-state index contributed by atoms with van der Waals surface area (Å²) in [6.45, 7) is 3.42. The Morgan fingerprint density at radius 3 is 2.41 bits per heavy atom. The van der Waals surface area contributed by atoms with Crippen molar-refractivity contribution in [1.82, 2.24) is 10.3 Å². The van der Waals surface area contributed by atoms with Gasteiger partial charge in [0.15, 0.2) is 6.61 Å². The topological polar surface area (TPSA) is 68.3 Å². The number of nitrogens with one attached hydrogen (secondary N) is 1. The number of hydrogen-bond donors (Lipinski definition) is 1. The number of benzene rings is 2. The van der Waals surface area contributed by atoms with E-state index >= 15 is 0 Å². The van der Waals surface area contributed by atoms with E-state index in [4.69, 9.17) is 4.74 Å². The van der Waals surface area contributed by atoms with Crippen LogP contribution >= 0.6 is 11.3 Å². The summed E-state index contributed by atoms with van der Waals surface area (Å²) in [5.41, 5.74) is 2.79. The molecule has 0 bridgehead atoms. The Hall–Kier alpha value is -2.99. The first kappa shape index (κ1) is 20.7. The Morgan fingerprint density at radius 1 is 1.07 bits per heavy atom. The van der Waals surface area contributed by atoms with E-state index in [9.17, 15) is 9.59 Å². The molecular formula is C23H24N2O3S. The van der Waals surface area contributed by atoms with Gasteiger partial charge in [-0.1, -0.05) is 60.7 Å². The van der Waals surface area contributed by atoms with Gasteiger partial charge in [-0.25, -0.2) is 9.78 Å². The van der Waals surface area contributed by atoms with Crippen molar-refractivity contribution in [2.75, 3.05) is 6.61 Å². The molecule has 0 saturated heterocycles. The monoisotopic (exact) mass is 408 g/mol. The Morgan fingerprint density at radius 2 is 1.72 bits per heavy atom. The number of hydrogen-bond acceptors (Lipinski definition) is 5. The van der Waals surface area contributed by atoms with E-state index in [0.29, 0.717) is 10.6 Å². The fraction of sp³-hybridized carbons (Fsp3) is 0.261. The van der Waals surface area contributed by atoms with Crippen molar-refractivity contribution in [2.24, 2.45) is 0 Å². The second-order valence-electron chi connectivity index (χ2n) is 6.87. The van der Waals surface area contributed by atoms with Crippen LogP contribution in [0, 0.1) is 6.92 Å². The SMILES string of the molecule is Cc1nc(-c2ccccc2)sc1C(=O)OCC(=O)N[C@@H](C)CCc1ccccc1. The predicted molar refractivity (Wildman–Crippen MR) is 115 cm³/mol. The number of carbonyl (C=O) groups excluding carboxylic acids is 2. The van der Waals surface area contributed by atoms with Crippen LogP contribution in [0.4, 0.5) is 0 Å². The van der Waals surface area contributed by atoms with Gasteiger partial charge in [0.25, 0.3) is 5.91 Å². The molecule has 29 heavy (non-hydrogen) atoms. The molecule has 3 aromatic rings. The van der Waals surface area contributed by atoms with Gasteiger partial charge in [-0.3, -0.25) is 4.79 Å². The molecule has 0 radical (unpaired) electrons. The van der Waals surface area contributed by atoms with Crippen LogP contribution in [-0.4, -0.2) is 29.5 Å². The summed E-state index contributed by atoms with van der Waals surface area (Å²) < 4.78 is 5.20. The van der Waals surface area contributed by atoms with Gasteiger partial charge in [-0.15, -0.1) is 11.3 Å². The molecule has 1 N–H and O–H groups in total. The molecule has 1 aromatic heterocycles. The van der Waals surface area contributed by atoms with Crippen LogP contribution in [0.5, 0.6) is 0 Å². The van der Waals surface area contributed by atoms with Crippen LogP contribution in [0.25, 0.3) is 10.6 Å². The number of thiazole rings is 1. The highest BCUT2D eigenvalue weighted by atomic mass is 32.1. The zero-order valence-corrected chi connectivity index (χ0v) is 17.4. The van der Waals surface area contributed by atoms with E-state index in [1.807, 2.05) is 55.5 Å². The Balaban J connectivity index is 1.47. The highest BCUT2D eigenvalue weighted by molar-refractivity contribution is 7.17. The number of ether oxygens (including phenoxy) is 1. The van der Waals surface area contributed by atoms with Gasteiger partial charge in [0.2, 0.25) is 0 Å². The molecular weight excluding hydrogens is 384 g/mol. The molecule has 1 heterocycles. The molecule has 0 saturated carbocycles. The average molecular weight is 409 g/mol. The average Bonchev–Trinajstić information content (AvgIpc) is 3.14. The van der Waals surface area contributed by atoms with Gasteiger partial charge in [-0.05, 0) is 32.3 Å². The van der Waals surface area contributed by atoms with E-state index in [0.717, 1.165) is 23.4 Å². The minimum absolute atomic E-state index is 0.00349. The first-order chi connectivity index (χ1) is 14.0. The highest BCUT2D eigenvalue weighted by Crippen LogP contribution is 2.28. The van der Waals surface area contributed by atoms with Crippen molar-refractivity contribution < 1.29 is 14.3 Å². The lowest BCUT2D eigenvalue weighted by molar-refractivity contribution is -0.124. The van der Waals surface area contributed by atoms with Crippen molar-refractivity contribution in [1.29, 1.82) is 0 Å². The van der Waals surface area contributed by atoms with Crippen molar-refractivity contribution >= 4 is 23.2 Å². The number of carbonyl (C=O) groups is 2. The minimum atomic E-state index is -0.519. The summed E-state index contributed by atoms with van der Waals surface area (Å²) in [6.07, 6.45) is 1.70. The first-order valence-electron chi connectivity index (χ1n) is 9.56. The molecule has 0 aliphatic heterocycles. The number of aryl methyl sites for hydroxylation is 2. The Bertz CT molecular complexity index is 955. The fourth-order valence-corrected chi connectivity index (χ4v) is 3.87. The zero-order valence-electron chi connectivity index (χ0n) is 16.6. The maximum atomic E-state index is 12.4. The number of amides is 1. The first-order valence-corrected chi connectivity index (χ1v) is 10.4. The normalized spacial score (nSPS) is 11.7. The van der Waals surface area contributed by atoms with Crippen molar-refractivity contribution in [3.05, 3.63) is 76.8 Å². The second-order valence-corrected chi connectivity index (χ2v) is 7.87. The lowest BCUT2D eigenvalue weighted by atomic mass is 10.1. The van der Waals surface area contributed by atoms with E-state index in [1.54, 1.807) is 6.92 Å². The molecule has 150 valence electrons. The quantitative estimate of drug-likeness (QED) is 0.561. The molecule has 0 unspecified atom stereocenters. The maximum Gasteiger partial charge on any atom is 0.350 e. The van der Waals surface area contributed by atoms with Crippen molar-refractivity contribution in [3.63, 3.8) is 0 Å². The number of aromatic nitrogens is 1. The summed E-state index contributed by atoms with van der Waals surface area (Å²) in [5, 5.41) is 3.63. The Kier molecular flexibility index (Phi) is 7.14. The number of rotatable bonds is 8. The smallest absolute Gasteiger partial charge is 0.350 e. The van der Waals surface area contributed by atoms with Gasteiger partial charge in [0.05, 0.1) is 5.69 Å². The molecule has 3 rings (SSSR count). The lowest BCUT2D eigenvalue weighted by Gasteiger charge is -2.14. The van der Waals surface area contributed by atoms with Crippen LogP contribution < -0.4 is 5.32 Å². The second kappa shape index (κ2) is 9.98. The van der Waals surface area contributed by atoms with Crippen LogP contribution in [0.15, 0.2) is 60.7 Å². The molecule has 0 fully saturated rings. The summed E-state index contributed by atoms with van der Waals surface area (Å²) in [7, 11) is 0. The molecule has 2 aromatic carbocycles. The van der Waals surface area contributed by atoms with E-state index in [2.05, 4.69) is 22.4 Å².